The molecule has 0 aliphatic carbocycles. The van der Waals surface area contributed by atoms with Gasteiger partial charge < -0.3 is 15.4 Å². The second-order valence-electron chi connectivity index (χ2n) is 5.84. The Balaban J connectivity index is 3.88. The third-order valence-corrected chi connectivity index (χ3v) is 2.58. The van der Waals surface area contributed by atoms with Crippen LogP contribution in [0.1, 0.15) is 54.4 Å². The summed E-state index contributed by atoms with van der Waals surface area (Å²) in [7, 11) is 0. The summed E-state index contributed by atoms with van der Waals surface area (Å²) < 4.78 is 5.24. The first-order valence-electron chi connectivity index (χ1n) is 6.91. The van der Waals surface area contributed by atoms with E-state index in [0.717, 1.165) is 6.42 Å². The second-order valence-corrected chi connectivity index (χ2v) is 5.84. The van der Waals surface area contributed by atoms with Crippen molar-refractivity contribution in [3.05, 3.63) is 0 Å². The number of hydrogen-bond donors (Lipinski definition) is 2. The van der Waals surface area contributed by atoms with Gasteiger partial charge in [0, 0.05) is 19.0 Å². The number of ether oxygens (including phenoxy) is 1. The fourth-order valence-corrected chi connectivity index (χ4v) is 1.32. The van der Waals surface area contributed by atoms with Crippen LogP contribution < -0.4 is 10.6 Å². The van der Waals surface area contributed by atoms with Gasteiger partial charge in [0.15, 0.2) is 0 Å². The van der Waals surface area contributed by atoms with E-state index in [2.05, 4.69) is 10.6 Å². The lowest BCUT2D eigenvalue weighted by atomic mass is 10.2. The predicted octanol–water partition coefficient (Wildman–Crippen LogP) is 1.61. The van der Waals surface area contributed by atoms with Crippen LogP contribution in [0.4, 0.5) is 0 Å². The molecule has 0 fully saturated rings. The van der Waals surface area contributed by atoms with E-state index >= 15 is 0 Å². The van der Waals surface area contributed by atoms with Crippen molar-refractivity contribution in [2.75, 3.05) is 6.54 Å². The first-order chi connectivity index (χ1) is 8.65. The summed E-state index contributed by atoms with van der Waals surface area (Å²) in [5, 5.41) is 5.87. The average molecular weight is 272 g/mol. The Bertz CT molecular complexity index is 298. The molecule has 0 aromatic carbocycles. The van der Waals surface area contributed by atoms with Gasteiger partial charge in [-0.2, -0.15) is 0 Å². The fourth-order valence-electron chi connectivity index (χ4n) is 1.32. The van der Waals surface area contributed by atoms with E-state index in [-0.39, 0.29) is 17.9 Å². The van der Waals surface area contributed by atoms with E-state index in [0.29, 0.717) is 13.0 Å². The number of rotatable bonds is 7. The molecule has 0 aromatic rings. The molecule has 112 valence electrons. The van der Waals surface area contributed by atoms with Crippen LogP contribution in [0.5, 0.6) is 0 Å². The van der Waals surface area contributed by atoms with Gasteiger partial charge in [0.1, 0.15) is 11.6 Å². The highest BCUT2D eigenvalue weighted by atomic mass is 16.6. The Labute approximate surface area is 116 Å². The van der Waals surface area contributed by atoms with Crippen LogP contribution in [0.15, 0.2) is 0 Å². The molecule has 0 rings (SSSR count). The Morgan fingerprint density at radius 1 is 1.21 bits per heavy atom. The number of nitrogens with one attached hydrogen (secondary N) is 2. The quantitative estimate of drug-likeness (QED) is 0.691. The van der Waals surface area contributed by atoms with Crippen molar-refractivity contribution >= 4 is 11.9 Å². The molecular formula is C14H28N2O3. The molecule has 0 aromatic heterocycles. The number of carbonyl (C=O) groups excluding carboxylic acids is 2. The third kappa shape index (κ3) is 9.47. The maximum Gasteiger partial charge on any atom is 0.323 e. The van der Waals surface area contributed by atoms with Crippen LogP contribution >= 0.6 is 0 Å². The van der Waals surface area contributed by atoms with Crippen LogP contribution in [0.2, 0.25) is 0 Å². The van der Waals surface area contributed by atoms with E-state index < -0.39 is 11.6 Å². The third-order valence-electron chi connectivity index (χ3n) is 2.58. The summed E-state index contributed by atoms with van der Waals surface area (Å²) in [6.45, 7) is 11.7. The monoisotopic (exact) mass is 272 g/mol. The number of amides is 1. The van der Waals surface area contributed by atoms with Crippen molar-refractivity contribution in [2.45, 2.75) is 72.1 Å². The molecule has 0 heterocycles. The van der Waals surface area contributed by atoms with Gasteiger partial charge in [-0.15, -0.1) is 0 Å². The average Bonchev–Trinajstić information content (AvgIpc) is 2.26. The van der Waals surface area contributed by atoms with E-state index in [1.807, 2.05) is 34.6 Å². The molecule has 0 spiro atoms. The zero-order valence-electron chi connectivity index (χ0n) is 13.0. The van der Waals surface area contributed by atoms with Crippen molar-refractivity contribution in [1.29, 1.82) is 0 Å². The molecule has 5 nitrogen and oxygen atoms in total. The number of esters is 1. The minimum atomic E-state index is -0.485. The van der Waals surface area contributed by atoms with E-state index in [4.69, 9.17) is 4.74 Å². The molecule has 5 heteroatoms. The molecule has 2 unspecified atom stereocenters. The highest BCUT2D eigenvalue weighted by molar-refractivity contribution is 5.77. The molecule has 0 aliphatic heterocycles. The number of carbonyl (C=O) groups is 2. The van der Waals surface area contributed by atoms with Crippen molar-refractivity contribution in [3.8, 4) is 0 Å². The maximum atomic E-state index is 11.7. The largest absolute Gasteiger partial charge is 0.459 e. The SMILES string of the molecule is CCC(C)NC(=O)CCNC(C)C(=O)OC(C)(C)C. The zero-order valence-corrected chi connectivity index (χ0v) is 13.0. The van der Waals surface area contributed by atoms with Crippen LogP contribution in [-0.4, -0.2) is 36.1 Å². The summed E-state index contributed by atoms with van der Waals surface area (Å²) in [6, 6.07) is -0.216. The Morgan fingerprint density at radius 3 is 2.26 bits per heavy atom. The molecule has 2 atom stereocenters. The summed E-state index contributed by atoms with van der Waals surface area (Å²) in [5.41, 5.74) is -0.485. The molecular weight excluding hydrogens is 244 g/mol. The van der Waals surface area contributed by atoms with Crippen LogP contribution in [-0.2, 0) is 14.3 Å². The summed E-state index contributed by atoms with van der Waals surface area (Å²) in [4.78, 5) is 23.2. The highest BCUT2D eigenvalue weighted by Gasteiger charge is 2.21. The standard InChI is InChI=1S/C14H28N2O3/c1-7-10(2)16-12(17)8-9-15-11(3)13(18)19-14(4,5)6/h10-11,15H,7-9H2,1-6H3,(H,16,17). The first kappa shape index (κ1) is 17.9. The Hall–Kier alpha value is -1.10. The highest BCUT2D eigenvalue weighted by Crippen LogP contribution is 2.08. The van der Waals surface area contributed by atoms with E-state index in [9.17, 15) is 9.59 Å². The van der Waals surface area contributed by atoms with Gasteiger partial charge in [-0.05, 0) is 41.0 Å². The molecule has 0 saturated carbocycles. The normalized spacial score (nSPS) is 14.6. The van der Waals surface area contributed by atoms with Crippen LogP contribution in [0, 0.1) is 0 Å². The van der Waals surface area contributed by atoms with Gasteiger partial charge in [-0.3, -0.25) is 9.59 Å². The fraction of sp³-hybridized carbons (Fsp3) is 0.857. The minimum absolute atomic E-state index is 0.00163. The number of hydrogen-bond acceptors (Lipinski definition) is 4. The van der Waals surface area contributed by atoms with Gasteiger partial charge in [0.25, 0.3) is 0 Å². The smallest absolute Gasteiger partial charge is 0.323 e. The summed E-state index contributed by atoms with van der Waals surface area (Å²) in [6.07, 6.45) is 1.27. The van der Waals surface area contributed by atoms with Crippen LogP contribution in [0.25, 0.3) is 0 Å². The van der Waals surface area contributed by atoms with Crippen molar-refractivity contribution < 1.29 is 14.3 Å². The molecule has 0 radical (unpaired) electrons. The van der Waals surface area contributed by atoms with Gasteiger partial charge >= 0.3 is 5.97 Å². The molecule has 0 saturated heterocycles. The van der Waals surface area contributed by atoms with Crippen molar-refractivity contribution in [3.63, 3.8) is 0 Å². The van der Waals surface area contributed by atoms with Gasteiger partial charge in [-0.25, -0.2) is 0 Å². The molecule has 0 aliphatic rings. The molecule has 19 heavy (non-hydrogen) atoms. The lowest BCUT2D eigenvalue weighted by Crippen LogP contribution is -2.41. The van der Waals surface area contributed by atoms with Gasteiger partial charge in [0.2, 0.25) is 5.91 Å². The molecule has 0 bridgehead atoms. The van der Waals surface area contributed by atoms with Crippen molar-refractivity contribution in [2.24, 2.45) is 0 Å². The minimum Gasteiger partial charge on any atom is -0.459 e. The lowest BCUT2D eigenvalue weighted by Gasteiger charge is -2.22. The Morgan fingerprint density at radius 2 is 1.79 bits per heavy atom. The van der Waals surface area contributed by atoms with Gasteiger partial charge in [0.05, 0.1) is 0 Å². The van der Waals surface area contributed by atoms with Crippen molar-refractivity contribution in [1.82, 2.24) is 10.6 Å². The molecule has 1 amide bonds. The Kier molecular flexibility index (Phi) is 7.68. The predicted molar refractivity (Wildman–Crippen MR) is 75.8 cm³/mol. The van der Waals surface area contributed by atoms with E-state index in [1.165, 1.54) is 0 Å². The lowest BCUT2D eigenvalue weighted by molar-refractivity contribution is -0.157. The topological polar surface area (TPSA) is 67.4 Å². The maximum absolute atomic E-state index is 11.7. The first-order valence-corrected chi connectivity index (χ1v) is 6.91. The summed E-state index contributed by atoms with van der Waals surface area (Å²) in [5.74, 6) is -0.298. The van der Waals surface area contributed by atoms with Gasteiger partial charge in [-0.1, -0.05) is 6.92 Å². The second kappa shape index (κ2) is 8.15. The molecule has 2 N–H and O–H groups in total. The van der Waals surface area contributed by atoms with E-state index in [1.54, 1.807) is 6.92 Å². The zero-order chi connectivity index (χ0) is 15.1. The van der Waals surface area contributed by atoms with Crippen LogP contribution in [0.3, 0.4) is 0 Å². The summed E-state index contributed by atoms with van der Waals surface area (Å²) >= 11 is 0.